The number of aliphatic carboxylic acids is 1. The second-order valence-electron chi connectivity index (χ2n) is 4.26. The van der Waals surface area contributed by atoms with Gasteiger partial charge < -0.3 is 19.7 Å². The fourth-order valence-electron chi connectivity index (χ4n) is 1.91. The fraction of sp³-hybridized carbons (Fsp3) is 0.545. The standard InChI is InChI=1S/C11H15N3O4/c1-14-6-12-5-8(14)10(15)13-4-7-2-3-9(18-7)11(16)17/h5-7,9H,2-4H2,1H3,(H,13,15)(H,16,17). The number of carboxylic acid groups (broad SMARTS) is 1. The fourth-order valence-corrected chi connectivity index (χ4v) is 1.91. The van der Waals surface area contributed by atoms with Crippen molar-refractivity contribution in [1.29, 1.82) is 0 Å². The summed E-state index contributed by atoms with van der Waals surface area (Å²) >= 11 is 0. The highest BCUT2D eigenvalue weighted by molar-refractivity contribution is 5.92. The number of hydrogen-bond acceptors (Lipinski definition) is 4. The molecule has 1 aromatic rings. The molecule has 1 aliphatic heterocycles. The second-order valence-corrected chi connectivity index (χ2v) is 4.26. The van der Waals surface area contributed by atoms with E-state index in [1.165, 1.54) is 6.20 Å². The smallest absolute Gasteiger partial charge is 0.332 e. The average Bonchev–Trinajstić information content (AvgIpc) is 2.94. The number of carbonyl (C=O) groups is 2. The Morgan fingerprint density at radius 3 is 2.94 bits per heavy atom. The normalized spacial score (nSPS) is 22.9. The van der Waals surface area contributed by atoms with Crippen LogP contribution < -0.4 is 5.32 Å². The highest BCUT2D eigenvalue weighted by atomic mass is 16.5. The van der Waals surface area contributed by atoms with Gasteiger partial charge in [0.15, 0.2) is 6.10 Å². The van der Waals surface area contributed by atoms with Crippen molar-refractivity contribution in [3.05, 3.63) is 18.2 Å². The molecule has 2 atom stereocenters. The predicted octanol–water partition coefficient (Wildman–Crippen LogP) is -0.218. The molecule has 1 saturated heterocycles. The molecule has 7 nitrogen and oxygen atoms in total. The minimum atomic E-state index is -0.949. The molecule has 2 heterocycles. The monoisotopic (exact) mass is 253 g/mol. The van der Waals surface area contributed by atoms with Crippen LogP contribution in [0.5, 0.6) is 0 Å². The molecule has 98 valence electrons. The summed E-state index contributed by atoms with van der Waals surface area (Å²) in [4.78, 5) is 26.3. The van der Waals surface area contributed by atoms with Crippen molar-refractivity contribution in [2.45, 2.75) is 25.0 Å². The first-order valence-corrected chi connectivity index (χ1v) is 5.70. The summed E-state index contributed by atoms with van der Waals surface area (Å²) in [6.45, 7) is 0.313. The number of amides is 1. The molecule has 1 aromatic heterocycles. The van der Waals surface area contributed by atoms with E-state index in [9.17, 15) is 9.59 Å². The SMILES string of the molecule is Cn1cncc1C(=O)NCC1CCC(C(=O)O)O1. The lowest BCUT2D eigenvalue weighted by Crippen LogP contribution is -2.33. The molecule has 18 heavy (non-hydrogen) atoms. The van der Waals surface area contributed by atoms with Gasteiger partial charge in [-0.3, -0.25) is 4.79 Å². The van der Waals surface area contributed by atoms with Crippen molar-refractivity contribution in [3.63, 3.8) is 0 Å². The van der Waals surface area contributed by atoms with E-state index in [1.54, 1.807) is 17.9 Å². The summed E-state index contributed by atoms with van der Waals surface area (Å²) in [7, 11) is 1.73. The third-order valence-corrected chi connectivity index (χ3v) is 2.92. The maximum Gasteiger partial charge on any atom is 0.332 e. The van der Waals surface area contributed by atoms with Crippen molar-refractivity contribution in [3.8, 4) is 0 Å². The number of hydrogen-bond donors (Lipinski definition) is 2. The Balaban J connectivity index is 1.81. The van der Waals surface area contributed by atoms with Gasteiger partial charge in [-0.05, 0) is 12.8 Å². The van der Waals surface area contributed by atoms with Crippen LogP contribution in [-0.2, 0) is 16.6 Å². The maximum absolute atomic E-state index is 11.8. The molecule has 0 spiro atoms. The Morgan fingerprint density at radius 2 is 2.39 bits per heavy atom. The van der Waals surface area contributed by atoms with Crippen LogP contribution in [0.4, 0.5) is 0 Å². The molecular weight excluding hydrogens is 238 g/mol. The Morgan fingerprint density at radius 1 is 1.61 bits per heavy atom. The predicted molar refractivity (Wildman–Crippen MR) is 61.1 cm³/mol. The molecule has 1 aliphatic rings. The van der Waals surface area contributed by atoms with Gasteiger partial charge in [0.05, 0.1) is 18.6 Å². The van der Waals surface area contributed by atoms with Crippen molar-refractivity contribution in [1.82, 2.24) is 14.9 Å². The first-order chi connectivity index (χ1) is 8.58. The van der Waals surface area contributed by atoms with E-state index in [2.05, 4.69) is 10.3 Å². The molecule has 0 bridgehead atoms. The first-order valence-electron chi connectivity index (χ1n) is 5.70. The molecule has 2 unspecified atom stereocenters. The Kier molecular flexibility index (Phi) is 3.61. The van der Waals surface area contributed by atoms with Crippen LogP contribution in [0.3, 0.4) is 0 Å². The van der Waals surface area contributed by atoms with Crippen LogP contribution in [0, 0.1) is 0 Å². The Labute approximate surface area is 104 Å². The van der Waals surface area contributed by atoms with Crippen molar-refractivity contribution >= 4 is 11.9 Å². The van der Waals surface area contributed by atoms with Gasteiger partial charge in [-0.25, -0.2) is 9.78 Å². The maximum atomic E-state index is 11.8. The quantitative estimate of drug-likeness (QED) is 0.774. The van der Waals surface area contributed by atoms with Gasteiger partial charge in [0.2, 0.25) is 0 Å². The average molecular weight is 253 g/mol. The molecule has 0 radical (unpaired) electrons. The molecule has 2 rings (SSSR count). The van der Waals surface area contributed by atoms with Gasteiger partial charge >= 0.3 is 5.97 Å². The highest BCUT2D eigenvalue weighted by Gasteiger charge is 2.30. The first kappa shape index (κ1) is 12.6. The van der Waals surface area contributed by atoms with Crippen LogP contribution in [0.1, 0.15) is 23.3 Å². The van der Waals surface area contributed by atoms with E-state index in [4.69, 9.17) is 9.84 Å². The van der Waals surface area contributed by atoms with E-state index in [1.807, 2.05) is 0 Å². The summed E-state index contributed by atoms with van der Waals surface area (Å²) in [6.07, 6.45) is 3.17. The van der Waals surface area contributed by atoms with E-state index >= 15 is 0 Å². The van der Waals surface area contributed by atoms with E-state index in [0.29, 0.717) is 25.1 Å². The molecule has 1 amide bonds. The van der Waals surface area contributed by atoms with Crippen LogP contribution in [0.15, 0.2) is 12.5 Å². The van der Waals surface area contributed by atoms with Crippen LogP contribution in [0.25, 0.3) is 0 Å². The van der Waals surface area contributed by atoms with Gasteiger partial charge in [-0.2, -0.15) is 0 Å². The third-order valence-electron chi connectivity index (χ3n) is 2.92. The summed E-state index contributed by atoms with van der Waals surface area (Å²) in [5.41, 5.74) is 0.461. The van der Waals surface area contributed by atoms with Crippen LogP contribution in [0.2, 0.25) is 0 Å². The van der Waals surface area contributed by atoms with Gasteiger partial charge in [0.25, 0.3) is 5.91 Å². The highest BCUT2D eigenvalue weighted by Crippen LogP contribution is 2.19. The second kappa shape index (κ2) is 5.18. The van der Waals surface area contributed by atoms with Crippen LogP contribution in [-0.4, -0.2) is 45.3 Å². The number of ether oxygens (including phenoxy) is 1. The van der Waals surface area contributed by atoms with E-state index in [0.717, 1.165) is 0 Å². The number of nitrogens with zero attached hydrogens (tertiary/aromatic N) is 2. The summed E-state index contributed by atoms with van der Waals surface area (Å²) < 4.78 is 6.90. The number of carbonyl (C=O) groups excluding carboxylic acids is 1. The van der Waals surface area contributed by atoms with Gasteiger partial charge in [0.1, 0.15) is 5.69 Å². The third kappa shape index (κ3) is 2.67. The van der Waals surface area contributed by atoms with Gasteiger partial charge in [-0.1, -0.05) is 0 Å². The minimum absolute atomic E-state index is 0.233. The number of imidazole rings is 1. The molecule has 7 heteroatoms. The zero-order chi connectivity index (χ0) is 13.1. The number of rotatable bonds is 4. The lowest BCUT2D eigenvalue weighted by Gasteiger charge is -2.12. The summed E-state index contributed by atoms with van der Waals surface area (Å²) in [6, 6.07) is 0. The molecule has 1 fully saturated rings. The zero-order valence-electron chi connectivity index (χ0n) is 10.00. The molecule has 0 aliphatic carbocycles. The van der Waals surface area contributed by atoms with E-state index in [-0.39, 0.29) is 12.0 Å². The number of nitrogens with one attached hydrogen (secondary N) is 1. The lowest BCUT2D eigenvalue weighted by atomic mass is 10.2. The summed E-state index contributed by atoms with van der Waals surface area (Å²) in [5.74, 6) is -1.19. The molecule has 0 saturated carbocycles. The van der Waals surface area contributed by atoms with Crippen molar-refractivity contribution < 1.29 is 19.4 Å². The molecular formula is C11H15N3O4. The van der Waals surface area contributed by atoms with Crippen molar-refractivity contribution in [2.24, 2.45) is 7.05 Å². The van der Waals surface area contributed by atoms with E-state index < -0.39 is 12.1 Å². The topological polar surface area (TPSA) is 93.5 Å². The number of carboxylic acids is 1. The molecule has 0 aromatic carbocycles. The Bertz CT molecular complexity index is 457. The summed E-state index contributed by atoms with van der Waals surface area (Å²) in [5, 5.41) is 11.5. The molecule has 2 N–H and O–H groups in total. The van der Waals surface area contributed by atoms with Gasteiger partial charge in [0, 0.05) is 13.6 Å². The zero-order valence-corrected chi connectivity index (χ0v) is 10.00. The Hall–Kier alpha value is -1.89. The van der Waals surface area contributed by atoms with Crippen LogP contribution >= 0.6 is 0 Å². The van der Waals surface area contributed by atoms with Gasteiger partial charge in [-0.15, -0.1) is 0 Å². The minimum Gasteiger partial charge on any atom is -0.479 e. The van der Waals surface area contributed by atoms with Crippen molar-refractivity contribution in [2.75, 3.05) is 6.54 Å². The lowest BCUT2D eigenvalue weighted by molar-refractivity contribution is -0.149. The number of aryl methyl sites for hydroxylation is 1. The largest absolute Gasteiger partial charge is 0.479 e. The number of aromatic nitrogens is 2.